The lowest BCUT2D eigenvalue weighted by atomic mass is 9.96. The zero-order chi connectivity index (χ0) is 37.8. The largest absolute Gasteiger partial charge is 0.481 e. The van der Waals surface area contributed by atoms with E-state index in [-0.39, 0.29) is 18.7 Å². The summed E-state index contributed by atoms with van der Waals surface area (Å²) < 4.78 is 11.5. The smallest absolute Gasteiger partial charge is 0.306 e. The van der Waals surface area contributed by atoms with E-state index in [0.29, 0.717) is 19.3 Å². The van der Waals surface area contributed by atoms with Gasteiger partial charge in [-0.2, -0.15) is 0 Å². The van der Waals surface area contributed by atoms with Crippen molar-refractivity contribution < 1.29 is 33.8 Å². The van der Waals surface area contributed by atoms with Gasteiger partial charge >= 0.3 is 17.9 Å². The molecular formula is C43H81NO7. The van der Waals surface area contributed by atoms with Gasteiger partial charge in [-0.25, -0.2) is 0 Å². The molecule has 0 saturated carbocycles. The van der Waals surface area contributed by atoms with Crippen molar-refractivity contribution in [2.24, 2.45) is 0 Å². The van der Waals surface area contributed by atoms with E-state index in [1.54, 1.807) is 0 Å². The molecule has 0 aliphatic heterocycles. The third-order valence-electron chi connectivity index (χ3n) is 10.0. The molecule has 1 amide bonds. The Balaban J connectivity index is 4.71. The number of carboxylic acids is 1. The van der Waals surface area contributed by atoms with Crippen molar-refractivity contribution in [1.29, 1.82) is 0 Å². The molecule has 0 radical (unpaired) electrons. The number of hydrogen-bond donors (Lipinski definition) is 2. The second-order valence-electron chi connectivity index (χ2n) is 15.0. The highest BCUT2D eigenvalue weighted by Crippen LogP contribution is 2.21. The van der Waals surface area contributed by atoms with Gasteiger partial charge in [-0.05, 0) is 25.7 Å². The summed E-state index contributed by atoms with van der Waals surface area (Å²) in [5, 5.41) is 12.1. The maximum Gasteiger partial charge on any atom is 0.306 e. The maximum atomic E-state index is 13.0. The van der Waals surface area contributed by atoms with Gasteiger partial charge in [-0.3, -0.25) is 19.2 Å². The van der Waals surface area contributed by atoms with Crippen LogP contribution in [0.25, 0.3) is 0 Å². The van der Waals surface area contributed by atoms with Crippen molar-refractivity contribution in [3.8, 4) is 0 Å². The van der Waals surface area contributed by atoms with Gasteiger partial charge in [0.25, 0.3) is 0 Å². The van der Waals surface area contributed by atoms with Crippen molar-refractivity contribution in [2.75, 3.05) is 0 Å². The Morgan fingerprint density at radius 1 is 0.510 bits per heavy atom. The van der Waals surface area contributed by atoms with Crippen LogP contribution in [0.5, 0.6) is 0 Å². The lowest BCUT2D eigenvalue weighted by Gasteiger charge is -2.33. The second-order valence-corrected chi connectivity index (χ2v) is 15.0. The first-order chi connectivity index (χ1) is 24.7. The van der Waals surface area contributed by atoms with Crippen LogP contribution in [-0.2, 0) is 28.7 Å². The number of amides is 1. The zero-order valence-electron chi connectivity index (χ0n) is 33.8. The molecule has 0 aromatic carbocycles. The van der Waals surface area contributed by atoms with Crippen molar-refractivity contribution in [2.45, 2.75) is 251 Å². The van der Waals surface area contributed by atoms with Crippen molar-refractivity contribution >= 4 is 23.8 Å². The average molecular weight is 724 g/mol. The van der Waals surface area contributed by atoms with Gasteiger partial charge in [0.2, 0.25) is 5.91 Å². The van der Waals surface area contributed by atoms with E-state index in [2.05, 4.69) is 19.2 Å². The maximum absolute atomic E-state index is 13.0. The van der Waals surface area contributed by atoms with Crippen LogP contribution >= 0.6 is 0 Å². The minimum Gasteiger partial charge on any atom is -0.481 e. The van der Waals surface area contributed by atoms with Gasteiger partial charge in [-0.15, -0.1) is 0 Å². The molecule has 0 heterocycles. The number of nitrogens with one attached hydrogen (secondary N) is 1. The van der Waals surface area contributed by atoms with E-state index in [9.17, 15) is 19.2 Å². The van der Waals surface area contributed by atoms with Gasteiger partial charge in [0.1, 0.15) is 6.10 Å². The molecule has 3 atom stereocenters. The van der Waals surface area contributed by atoms with E-state index in [1.807, 2.05) is 6.92 Å². The fraction of sp³-hybridized carbons (Fsp3) is 0.907. The van der Waals surface area contributed by atoms with Crippen LogP contribution in [0.4, 0.5) is 0 Å². The molecule has 0 saturated heterocycles. The fourth-order valence-corrected chi connectivity index (χ4v) is 6.87. The van der Waals surface area contributed by atoms with Crippen molar-refractivity contribution in [3.05, 3.63) is 0 Å². The molecule has 0 bridgehead atoms. The summed E-state index contributed by atoms with van der Waals surface area (Å²) in [6.45, 7) is 7.75. The van der Waals surface area contributed by atoms with Gasteiger partial charge < -0.3 is 19.9 Å². The van der Waals surface area contributed by atoms with Gasteiger partial charge in [-0.1, -0.05) is 181 Å². The Morgan fingerprint density at radius 2 is 0.902 bits per heavy atom. The van der Waals surface area contributed by atoms with Crippen LogP contribution in [0.2, 0.25) is 0 Å². The molecule has 0 unspecified atom stereocenters. The summed E-state index contributed by atoms with van der Waals surface area (Å²) in [5.41, 5.74) is 0. The standard InChI is InChI=1S/C43H81NO7/c1-5-8-10-12-14-16-18-20-21-22-24-26-28-30-32-34-40(46)44-38(7-3)43(50-37(4)45)39(51-42(49)36-35-41(47)48)33-31-29-27-25-23-19-17-15-13-11-9-6-2/h38-39,43H,5-36H2,1-4H3,(H,44,46)(H,47,48)/t38-,39+,43-/m0/s1. The number of carbonyl (C=O) groups excluding carboxylic acids is 3. The molecule has 0 rings (SSSR count). The highest BCUT2D eigenvalue weighted by molar-refractivity contribution is 5.77. The highest BCUT2D eigenvalue weighted by atomic mass is 16.6. The molecule has 0 fully saturated rings. The number of unbranched alkanes of at least 4 members (excludes halogenated alkanes) is 25. The summed E-state index contributed by atoms with van der Waals surface area (Å²) in [6, 6.07) is -0.507. The molecule has 2 N–H and O–H groups in total. The highest BCUT2D eigenvalue weighted by Gasteiger charge is 2.35. The zero-order valence-corrected chi connectivity index (χ0v) is 33.8. The predicted octanol–water partition coefficient (Wildman–Crippen LogP) is 11.9. The molecule has 8 heteroatoms. The predicted molar refractivity (Wildman–Crippen MR) is 210 cm³/mol. The molecule has 300 valence electrons. The summed E-state index contributed by atoms with van der Waals surface area (Å²) in [4.78, 5) is 48.9. The summed E-state index contributed by atoms with van der Waals surface area (Å²) >= 11 is 0. The Labute approximate surface area is 313 Å². The number of rotatable bonds is 38. The summed E-state index contributed by atoms with van der Waals surface area (Å²) in [7, 11) is 0. The molecule has 0 aliphatic carbocycles. The van der Waals surface area contributed by atoms with E-state index in [4.69, 9.17) is 14.6 Å². The minimum absolute atomic E-state index is 0.0880. The van der Waals surface area contributed by atoms with Crippen LogP contribution in [0, 0.1) is 0 Å². The Hall–Kier alpha value is -2.12. The van der Waals surface area contributed by atoms with E-state index < -0.39 is 36.2 Å². The SMILES string of the molecule is CCCCCCCCCCCCCCCCCC(=O)N[C@@H](CC)[C@H](OC(C)=O)[C@@H](CCCCCCCCCCCCCC)OC(=O)CCC(=O)O. The molecular weight excluding hydrogens is 642 g/mol. The average Bonchev–Trinajstić information content (AvgIpc) is 3.10. The monoisotopic (exact) mass is 724 g/mol. The van der Waals surface area contributed by atoms with Crippen LogP contribution in [0.3, 0.4) is 0 Å². The topological polar surface area (TPSA) is 119 Å². The van der Waals surface area contributed by atoms with E-state index in [0.717, 1.165) is 38.5 Å². The van der Waals surface area contributed by atoms with Crippen LogP contribution in [0.15, 0.2) is 0 Å². The normalized spacial score (nSPS) is 13.0. The fourth-order valence-electron chi connectivity index (χ4n) is 6.87. The molecule has 0 aromatic heterocycles. The first kappa shape index (κ1) is 48.9. The number of carboxylic acid groups (broad SMARTS) is 1. The lowest BCUT2D eigenvalue weighted by molar-refractivity contribution is -0.171. The lowest BCUT2D eigenvalue weighted by Crippen LogP contribution is -2.51. The molecule has 8 nitrogen and oxygen atoms in total. The Bertz CT molecular complexity index is 848. The number of esters is 2. The molecule has 0 aliphatic rings. The first-order valence-electron chi connectivity index (χ1n) is 21.6. The van der Waals surface area contributed by atoms with Gasteiger partial charge in [0.15, 0.2) is 6.10 Å². The second kappa shape index (κ2) is 36.2. The summed E-state index contributed by atoms with van der Waals surface area (Å²) in [5.74, 6) is -2.29. The molecule has 0 aromatic rings. The summed E-state index contributed by atoms with van der Waals surface area (Å²) in [6.07, 6.45) is 32.6. The number of hydrogen-bond acceptors (Lipinski definition) is 6. The van der Waals surface area contributed by atoms with Crippen LogP contribution < -0.4 is 5.32 Å². The Kier molecular flexibility index (Phi) is 34.7. The first-order valence-corrected chi connectivity index (χ1v) is 21.6. The van der Waals surface area contributed by atoms with Crippen molar-refractivity contribution in [3.63, 3.8) is 0 Å². The number of ether oxygens (including phenoxy) is 2. The third-order valence-corrected chi connectivity index (χ3v) is 10.0. The van der Waals surface area contributed by atoms with Crippen LogP contribution in [0.1, 0.15) is 233 Å². The van der Waals surface area contributed by atoms with Crippen LogP contribution in [-0.4, -0.2) is 47.2 Å². The van der Waals surface area contributed by atoms with E-state index in [1.165, 1.54) is 142 Å². The van der Waals surface area contributed by atoms with Crippen molar-refractivity contribution in [1.82, 2.24) is 5.32 Å². The Morgan fingerprint density at radius 3 is 1.27 bits per heavy atom. The quantitative estimate of drug-likeness (QED) is 0.0480. The van der Waals surface area contributed by atoms with Gasteiger partial charge in [0.05, 0.1) is 18.9 Å². The third kappa shape index (κ3) is 32.3. The minimum atomic E-state index is -1.07. The van der Waals surface area contributed by atoms with E-state index >= 15 is 0 Å². The number of aliphatic carboxylic acids is 1. The molecule has 51 heavy (non-hydrogen) atoms. The van der Waals surface area contributed by atoms with Gasteiger partial charge in [0, 0.05) is 13.3 Å². The molecule has 0 spiro atoms. The number of carbonyl (C=O) groups is 4.